The molecule has 1 aliphatic heterocycles. The minimum atomic E-state index is -0.970. The summed E-state index contributed by atoms with van der Waals surface area (Å²) < 4.78 is 5.87. The largest absolute Gasteiger partial charge is 0.478 e. The molecule has 33 heavy (non-hydrogen) atoms. The molecule has 1 saturated heterocycles. The lowest BCUT2D eigenvalue weighted by atomic mass is 9.95. The van der Waals surface area contributed by atoms with Crippen LogP contribution >= 0.6 is 11.8 Å². The number of thioether (sulfide) groups is 1. The highest BCUT2D eigenvalue weighted by Gasteiger charge is 2.31. The zero-order valence-corrected chi connectivity index (χ0v) is 18.9. The molecule has 2 aromatic rings. The molecule has 0 radical (unpaired) electrons. The first-order chi connectivity index (χ1) is 15.9. The van der Waals surface area contributed by atoms with Gasteiger partial charge in [-0.15, -0.1) is 0 Å². The summed E-state index contributed by atoms with van der Waals surface area (Å²) in [5.74, 6) is -0.0218. The van der Waals surface area contributed by atoms with Crippen molar-refractivity contribution >= 4 is 34.5 Å². The van der Waals surface area contributed by atoms with Crippen LogP contribution in [0, 0.1) is 0 Å². The predicted molar refractivity (Wildman–Crippen MR) is 128 cm³/mol. The van der Waals surface area contributed by atoms with Gasteiger partial charge < -0.3 is 9.84 Å². The van der Waals surface area contributed by atoms with Gasteiger partial charge in [-0.05, 0) is 73.2 Å². The van der Waals surface area contributed by atoms with Crippen molar-refractivity contribution in [3.05, 3.63) is 89.0 Å². The summed E-state index contributed by atoms with van der Waals surface area (Å²) in [7, 11) is 0. The molecule has 2 N–H and O–H groups in total. The topological polar surface area (TPSA) is 92.7 Å². The first kappa shape index (κ1) is 22.6. The van der Waals surface area contributed by atoms with Crippen molar-refractivity contribution < 1.29 is 24.2 Å². The molecule has 4 rings (SSSR count). The van der Waals surface area contributed by atoms with Crippen molar-refractivity contribution in [1.29, 1.82) is 0 Å². The summed E-state index contributed by atoms with van der Waals surface area (Å²) in [6.07, 6.45) is 7.96. The number of amides is 2. The van der Waals surface area contributed by atoms with Crippen LogP contribution in [0.15, 0.2) is 77.9 Å². The van der Waals surface area contributed by atoms with Gasteiger partial charge in [-0.2, -0.15) is 0 Å². The minimum absolute atomic E-state index is 0.248. The molecule has 0 spiro atoms. The maximum absolute atomic E-state index is 11.8. The highest BCUT2D eigenvalue weighted by molar-refractivity contribution is 8.15. The molecular formula is C26H23NO5S. The Bertz CT molecular complexity index is 1180. The molecule has 2 aromatic carbocycles. The van der Waals surface area contributed by atoms with E-state index in [9.17, 15) is 19.5 Å². The van der Waals surface area contributed by atoms with Crippen molar-refractivity contribution in [2.45, 2.75) is 31.4 Å². The van der Waals surface area contributed by atoms with Gasteiger partial charge in [0.15, 0.2) is 0 Å². The molecular weight excluding hydrogens is 438 g/mol. The van der Waals surface area contributed by atoms with Gasteiger partial charge in [0.1, 0.15) is 11.5 Å². The normalized spacial score (nSPS) is 18.5. The van der Waals surface area contributed by atoms with Crippen LogP contribution < -0.4 is 10.1 Å². The van der Waals surface area contributed by atoms with Gasteiger partial charge in [0.2, 0.25) is 5.91 Å². The quantitative estimate of drug-likeness (QED) is 0.529. The lowest BCUT2D eigenvalue weighted by molar-refractivity contribution is -0.130. The number of benzene rings is 2. The molecule has 1 unspecified atom stereocenters. The average molecular weight is 462 g/mol. The molecule has 0 saturated carbocycles. The van der Waals surface area contributed by atoms with E-state index in [-0.39, 0.29) is 16.7 Å². The highest BCUT2D eigenvalue weighted by atomic mass is 32.2. The molecule has 0 bridgehead atoms. The Balaban J connectivity index is 1.42. The van der Waals surface area contributed by atoms with Crippen LogP contribution in [0.3, 0.4) is 0 Å². The van der Waals surface area contributed by atoms with E-state index in [0.29, 0.717) is 23.5 Å². The molecule has 2 aliphatic rings. The second-order valence-corrected chi connectivity index (χ2v) is 9.15. The van der Waals surface area contributed by atoms with Gasteiger partial charge in [-0.25, -0.2) is 4.79 Å². The maximum Gasteiger partial charge on any atom is 0.336 e. The van der Waals surface area contributed by atoms with Crippen molar-refractivity contribution in [3.63, 3.8) is 0 Å². The molecule has 6 nitrogen and oxygen atoms in total. The first-order valence-corrected chi connectivity index (χ1v) is 11.5. The summed E-state index contributed by atoms with van der Waals surface area (Å²) in [6.45, 7) is 2.07. The highest BCUT2D eigenvalue weighted by Crippen LogP contribution is 2.28. The first-order valence-electron chi connectivity index (χ1n) is 10.6. The van der Waals surface area contributed by atoms with Crippen LogP contribution in [0.25, 0.3) is 5.57 Å². The number of rotatable bonds is 7. The molecule has 0 aromatic heterocycles. The van der Waals surface area contributed by atoms with Crippen LogP contribution in [-0.4, -0.2) is 27.5 Å². The number of carboxylic acid groups (broad SMARTS) is 1. The number of aliphatic carboxylic acids is 1. The number of allylic oxidation sites excluding steroid dienone is 5. The number of hydrogen-bond donors (Lipinski definition) is 2. The molecule has 1 fully saturated rings. The van der Waals surface area contributed by atoms with Crippen LogP contribution in [0.4, 0.5) is 4.79 Å². The van der Waals surface area contributed by atoms with E-state index in [2.05, 4.69) is 12.2 Å². The Morgan fingerprint density at radius 1 is 1.06 bits per heavy atom. The fraction of sp³-hybridized carbons (Fsp3) is 0.192. The van der Waals surface area contributed by atoms with Gasteiger partial charge in [0.05, 0.1) is 10.8 Å². The number of imide groups is 1. The van der Waals surface area contributed by atoms with E-state index in [1.165, 1.54) is 5.57 Å². The van der Waals surface area contributed by atoms with E-state index in [0.717, 1.165) is 35.7 Å². The van der Waals surface area contributed by atoms with E-state index in [1.807, 2.05) is 24.3 Å². The van der Waals surface area contributed by atoms with E-state index < -0.39 is 11.2 Å². The van der Waals surface area contributed by atoms with Gasteiger partial charge in [-0.1, -0.05) is 53.8 Å². The molecule has 168 valence electrons. The number of ether oxygens (including phenoxy) is 1. The molecule has 1 aliphatic carbocycles. The molecule has 2 amide bonds. The van der Waals surface area contributed by atoms with E-state index in [4.69, 9.17) is 4.74 Å². The summed E-state index contributed by atoms with van der Waals surface area (Å²) >= 11 is 1.01. The van der Waals surface area contributed by atoms with Crippen molar-refractivity contribution in [1.82, 2.24) is 5.32 Å². The predicted octanol–water partition coefficient (Wildman–Crippen LogP) is 5.51. The van der Waals surface area contributed by atoms with Crippen LogP contribution in [0.2, 0.25) is 0 Å². The Kier molecular flexibility index (Phi) is 6.79. The molecule has 1 atom stereocenters. The second-order valence-electron chi connectivity index (χ2n) is 7.98. The summed E-state index contributed by atoms with van der Waals surface area (Å²) in [6, 6.07) is 14.3. The second kappa shape index (κ2) is 9.92. The van der Waals surface area contributed by atoms with Crippen LogP contribution in [0.5, 0.6) is 11.5 Å². The van der Waals surface area contributed by atoms with Crippen LogP contribution in [-0.2, 0) is 16.0 Å². The fourth-order valence-electron chi connectivity index (χ4n) is 3.61. The third kappa shape index (κ3) is 5.81. The third-order valence-electron chi connectivity index (χ3n) is 5.46. The summed E-state index contributed by atoms with van der Waals surface area (Å²) in [4.78, 5) is 34.8. The summed E-state index contributed by atoms with van der Waals surface area (Å²) in [5, 5.41) is 11.3. The van der Waals surface area contributed by atoms with E-state index >= 15 is 0 Å². The van der Waals surface area contributed by atoms with Gasteiger partial charge >= 0.3 is 5.97 Å². The lowest BCUT2D eigenvalue weighted by Gasteiger charge is -2.11. The Hall–Kier alpha value is -3.58. The smallest absolute Gasteiger partial charge is 0.336 e. The van der Waals surface area contributed by atoms with Gasteiger partial charge in [-0.3, -0.25) is 14.9 Å². The number of nitrogens with one attached hydrogen (secondary N) is 1. The number of carboxylic acids is 1. The monoisotopic (exact) mass is 461 g/mol. The number of carbonyl (C=O) groups is 3. The van der Waals surface area contributed by atoms with Gasteiger partial charge in [0, 0.05) is 0 Å². The van der Waals surface area contributed by atoms with Crippen molar-refractivity contribution in [2.75, 3.05) is 0 Å². The molecule has 7 heteroatoms. The van der Waals surface area contributed by atoms with Crippen molar-refractivity contribution in [3.8, 4) is 11.5 Å². The van der Waals surface area contributed by atoms with Crippen LogP contribution in [0.1, 0.15) is 30.9 Å². The zero-order valence-electron chi connectivity index (χ0n) is 18.0. The number of hydrogen-bond acceptors (Lipinski definition) is 5. The minimum Gasteiger partial charge on any atom is -0.478 e. The van der Waals surface area contributed by atoms with E-state index in [1.54, 1.807) is 42.5 Å². The Morgan fingerprint density at radius 2 is 1.73 bits per heavy atom. The van der Waals surface area contributed by atoms with Gasteiger partial charge in [0.25, 0.3) is 5.24 Å². The van der Waals surface area contributed by atoms with Crippen molar-refractivity contribution in [2.24, 2.45) is 0 Å². The summed E-state index contributed by atoms with van der Waals surface area (Å²) in [5.41, 5.74) is 4.07. The lowest BCUT2D eigenvalue weighted by Crippen LogP contribution is -2.25. The molecule has 1 heterocycles. The third-order valence-corrected chi connectivity index (χ3v) is 6.44. The standard InChI is InChI=1S/C26H23NO5S/c1-16-2-4-17(5-3-16)14-22(25(29)30)19-8-12-21(13-9-19)32-20-10-6-18(7-11-20)15-23-24(28)27-26(31)33-23/h2,4,6-14,23H,3,5,15H2,1H3,(H,29,30)(H,27,28,31)/b22-14+. The maximum atomic E-state index is 11.8. The Morgan fingerprint density at radius 3 is 2.27 bits per heavy atom. The number of carbonyl (C=O) groups excluding carboxylic acids is 2. The zero-order chi connectivity index (χ0) is 23.4. The average Bonchev–Trinajstić information content (AvgIpc) is 3.11. The SMILES string of the molecule is CC1=CC=C(/C=C(/C(=O)O)c2ccc(Oc3ccc(CC4SC(=O)NC4=O)cc3)cc2)CC1. The Labute approximate surface area is 196 Å². The fourth-order valence-corrected chi connectivity index (χ4v) is 4.47.